The summed E-state index contributed by atoms with van der Waals surface area (Å²) in [5.74, 6) is 0. The Morgan fingerprint density at radius 3 is 2.30 bits per heavy atom. The lowest BCUT2D eigenvalue weighted by atomic mass is 10.0. The molecule has 0 amide bonds. The topological polar surface area (TPSA) is 12.4 Å². The summed E-state index contributed by atoms with van der Waals surface area (Å²) in [6, 6.07) is 13.0. The van der Waals surface area contributed by atoms with Crippen molar-refractivity contribution in [1.29, 1.82) is 0 Å². The lowest BCUT2D eigenvalue weighted by molar-refractivity contribution is 0.819. The van der Waals surface area contributed by atoms with Crippen LogP contribution in [-0.2, 0) is 0 Å². The SMILES string of the molecule is Cc1cccc(C)c1C=NC(C)c1ccc(I)cc1I. The summed E-state index contributed by atoms with van der Waals surface area (Å²) >= 11 is 4.73. The predicted octanol–water partition coefficient (Wildman–Crippen LogP) is 5.69. The van der Waals surface area contributed by atoms with Gasteiger partial charge in [-0.05, 0) is 100 Å². The van der Waals surface area contributed by atoms with Gasteiger partial charge in [0.15, 0.2) is 0 Å². The van der Waals surface area contributed by atoms with E-state index in [0.29, 0.717) is 0 Å². The minimum absolute atomic E-state index is 0.179. The first kappa shape index (κ1) is 15.9. The van der Waals surface area contributed by atoms with Gasteiger partial charge in [0, 0.05) is 13.4 Å². The molecule has 0 heterocycles. The fraction of sp³-hybridized carbons (Fsp3) is 0.235. The third-order valence-electron chi connectivity index (χ3n) is 3.38. The molecule has 1 unspecified atom stereocenters. The maximum Gasteiger partial charge on any atom is 0.0731 e. The van der Waals surface area contributed by atoms with E-state index in [1.54, 1.807) is 0 Å². The molecular formula is C17H17I2N. The van der Waals surface area contributed by atoms with Crippen LogP contribution in [0.15, 0.2) is 41.4 Å². The Labute approximate surface area is 148 Å². The van der Waals surface area contributed by atoms with E-state index >= 15 is 0 Å². The van der Waals surface area contributed by atoms with Gasteiger partial charge in [0.2, 0.25) is 0 Å². The molecule has 0 spiro atoms. The van der Waals surface area contributed by atoms with E-state index in [9.17, 15) is 0 Å². The van der Waals surface area contributed by atoms with Crippen molar-refractivity contribution in [3.63, 3.8) is 0 Å². The van der Waals surface area contributed by atoms with Gasteiger partial charge < -0.3 is 0 Å². The van der Waals surface area contributed by atoms with Crippen LogP contribution < -0.4 is 0 Å². The van der Waals surface area contributed by atoms with Crippen molar-refractivity contribution in [3.05, 3.63) is 65.8 Å². The quantitative estimate of drug-likeness (QED) is 0.388. The van der Waals surface area contributed by atoms with E-state index in [0.717, 1.165) is 0 Å². The van der Waals surface area contributed by atoms with Gasteiger partial charge in [-0.2, -0.15) is 0 Å². The number of hydrogen-bond donors (Lipinski definition) is 0. The summed E-state index contributed by atoms with van der Waals surface area (Å²) in [5.41, 5.74) is 5.07. The van der Waals surface area contributed by atoms with E-state index in [2.05, 4.69) is 102 Å². The van der Waals surface area contributed by atoms with Gasteiger partial charge in [0.05, 0.1) is 6.04 Å². The predicted molar refractivity (Wildman–Crippen MR) is 104 cm³/mol. The molecule has 0 saturated carbocycles. The molecule has 0 N–H and O–H groups in total. The van der Waals surface area contributed by atoms with Crippen molar-refractivity contribution < 1.29 is 0 Å². The van der Waals surface area contributed by atoms with Crippen molar-refractivity contribution in [2.75, 3.05) is 0 Å². The zero-order chi connectivity index (χ0) is 14.7. The number of aryl methyl sites for hydroxylation is 2. The maximum atomic E-state index is 4.74. The first-order valence-electron chi connectivity index (χ1n) is 6.53. The van der Waals surface area contributed by atoms with Gasteiger partial charge in [-0.25, -0.2) is 0 Å². The number of benzene rings is 2. The van der Waals surface area contributed by atoms with Crippen molar-refractivity contribution in [1.82, 2.24) is 0 Å². The fourth-order valence-electron chi connectivity index (χ4n) is 2.14. The normalized spacial score (nSPS) is 12.8. The molecule has 0 aliphatic rings. The van der Waals surface area contributed by atoms with E-state index in [4.69, 9.17) is 4.99 Å². The highest BCUT2D eigenvalue weighted by Gasteiger charge is 2.08. The molecule has 1 nitrogen and oxygen atoms in total. The maximum absolute atomic E-state index is 4.74. The fourth-order valence-corrected chi connectivity index (χ4v) is 4.19. The third-order valence-corrected chi connectivity index (χ3v) is 4.99. The lowest BCUT2D eigenvalue weighted by Crippen LogP contribution is -1.97. The molecule has 0 saturated heterocycles. The summed E-state index contributed by atoms with van der Waals surface area (Å²) in [7, 11) is 0. The summed E-state index contributed by atoms with van der Waals surface area (Å²) in [5, 5.41) is 0. The Morgan fingerprint density at radius 2 is 1.70 bits per heavy atom. The molecule has 0 bridgehead atoms. The second kappa shape index (κ2) is 7.02. The van der Waals surface area contributed by atoms with Crippen LogP contribution in [0.1, 0.15) is 35.2 Å². The highest BCUT2D eigenvalue weighted by Crippen LogP contribution is 2.24. The molecule has 1 atom stereocenters. The number of halogens is 2. The Balaban J connectivity index is 2.27. The first-order valence-corrected chi connectivity index (χ1v) is 8.69. The smallest absolute Gasteiger partial charge is 0.0731 e. The highest BCUT2D eigenvalue weighted by molar-refractivity contribution is 14.1. The van der Waals surface area contributed by atoms with Crippen LogP contribution in [0, 0.1) is 21.0 Å². The van der Waals surface area contributed by atoms with Crippen LogP contribution in [0.5, 0.6) is 0 Å². The second-order valence-corrected chi connectivity index (χ2v) is 7.33. The van der Waals surface area contributed by atoms with Crippen LogP contribution in [0.4, 0.5) is 0 Å². The largest absolute Gasteiger partial charge is 0.285 e. The van der Waals surface area contributed by atoms with Gasteiger partial charge in [-0.3, -0.25) is 4.99 Å². The Morgan fingerprint density at radius 1 is 1.05 bits per heavy atom. The second-order valence-electron chi connectivity index (χ2n) is 4.93. The van der Waals surface area contributed by atoms with Gasteiger partial charge >= 0.3 is 0 Å². The van der Waals surface area contributed by atoms with Crippen LogP contribution >= 0.6 is 45.2 Å². The molecule has 0 aromatic heterocycles. The molecule has 0 aliphatic heterocycles. The van der Waals surface area contributed by atoms with Gasteiger partial charge in [0.25, 0.3) is 0 Å². The molecule has 3 heteroatoms. The van der Waals surface area contributed by atoms with E-state index in [1.807, 2.05) is 6.21 Å². The van der Waals surface area contributed by atoms with Crippen molar-refractivity contribution in [2.24, 2.45) is 4.99 Å². The van der Waals surface area contributed by atoms with Crippen molar-refractivity contribution >= 4 is 51.4 Å². The number of aliphatic imine (C=N–C) groups is 1. The molecule has 2 rings (SSSR count). The third kappa shape index (κ3) is 3.81. The van der Waals surface area contributed by atoms with E-state index in [-0.39, 0.29) is 6.04 Å². The minimum Gasteiger partial charge on any atom is -0.285 e. The van der Waals surface area contributed by atoms with Gasteiger partial charge in [0.1, 0.15) is 0 Å². The molecule has 104 valence electrons. The van der Waals surface area contributed by atoms with E-state index in [1.165, 1.54) is 29.4 Å². The van der Waals surface area contributed by atoms with Crippen LogP contribution in [-0.4, -0.2) is 6.21 Å². The number of rotatable bonds is 3. The van der Waals surface area contributed by atoms with Gasteiger partial charge in [-0.15, -0.1) is 0 Å². The highest BCUT2D eigenvalue weighted by atomic mass is 127. The number of nitrogens with zero attached hydrogens (tertiary/aromatic N) is 1. The lowest BCUT2D eigenvalue weighted by Gasteiger charge is -2.10. The molecule has 2 aromatic rings. The first-order chi connectivity index (χ1) is 9.49. The Bertz CT molecular complexity index is 627. The molecule has 0 fully saturated rings. The van der Waals surface area contributed by atoms with Crippen LogP contribution in [0.3, 0.4) is 0 Å². The Hall–Kier alpha value is -0.430. The van der Waals surface area contributed by atoms with Crippen LogP contribution in [0.2, 0.25) is 0 Å². The summed E-state index contributed by atoms with van der Waals surface area (Å²) < 4.78 is 2.54. The standard InChI is InChI=1S/C17H17I2N/c1-11-5-4-6-12(2)16(11)10-20-13(3)15-8-7-14(18)9-17(15)19/h4-10,13H,1-3H3. The number of hydrogen-bond acceptors (Lipinski definition) is 1. The molecular weight excluding hydrogens is 472 g/mol. The van der Waals surface area contributed by atoms with Crippen LogP contribution in [0.25, 0.3) is 0 Å². The zero-order valence-electron chi connectivity index (χ0n) is 11.8. The summed E-state index contributed by atoms with van der Waals surface area (Å²) in [6.45, 7) is 6.41. The average molecular weight is 489 g/mol. The summed E-state index contributed by atoms with van der Waals surface area (Å²) in [4.78, 5) is 4.74. The zero-order valence-corrected chi connectivity index (χ0v) is 16.1. The van der Waals surface area contributed by atoms with E-state index < -0.39 is 0 Å². The molecule has 0 radical (unpaired) electrons. The minimum atomic E-state index is 0.179. The molecule has 20 heavy (non-hydrogen) atoms. The monoisotopic (exact) mass is 489 g/mol. The van der Waals surface area contributed by atoms with Crippen molar-refractivity contribution in [3.8, 4) is 0 Å². The Kier molecular flexibility index (Phi) is 5.60. The van der Waals surface area contributed by atoms with Gasteiger partial charge in [-0.1, -0.05) is 24.3 Å². The molecule has 0 aliphatic carbocycles. The summed E-state index contributed by atoms with van der Waals surface area (Å²) in [6.07, 6.45) is 2.02. The average Bonchev–Trinajstić information content (AvgIpc) is 2.37. The van der Waals surface area contributed by atoms with Crippen molar-refractivity contribution in [2.45, 2.75) is 26.8 Å². The molecule has 2 aromatic carbocycles.